The molecular weight excluding hydrogens is 188 g/mol. The molecule has 0 saturated heterocycles. The lowest BCUT2D eigenvalue weighted by Gasteiger charge is -2.01. The molecule has 1 fully saturated rings. The molecule has 0 amide bonds. The Hall–Kier alpha value is -0.900. The maximum Gasteiger partial charge on any atom is 0.227 e. The first kappa shape index (κ1) is 8.69. The van der Waals surface area contributed by atoms with E-state index in [9.17, 15) is 0 Å². The van der Waals surface area contributed by atoms with Crippen LogP contribution in [0, 0.1) is 5.92 Å². The lowest BCUT2D eigenvalue weighted by Crippen LogP contribution is -2.04. The molecule has 1 aliphatic rings. The van der Waals surface area contributed by atoms with Crippen molar-refractivity contribution in [1.29, 1.82) is 0 Å². The number of nitrogens with one attached hydrogen (secondary N) is 1. The quantitative estimate of drug-likeness (QED) is 0.800. The molecule has 0 aliphatic heterocycles. The summed E-state index contributed by atoms with van der Waals surface area (Å²) in [6.45, 7) is 0. The molecule has 0 unspecified atom stereocenters. The van der Waals surface area contributed by atoms with Crippen molar-refractivity contribution in [3.8, 4) is 0 Å². The minimum Gasteiger partial charge on any atom is -0.357 e. The molecule has 0 aromatic carbocycles. The molecule has 0 spiro atoms. The van der Waals surface area contributed by atoms with Crippen LogP contribution in [0.15, 0.2) is 0 Å². The predicted molar refractivity (Wildman–Crippen MR) is 50.8 cm³/mol. The van der Waals surface area contributed by atoms with Gasteiger partial charge in [0.05, 0.1) is 0 Å². The van der Waals surface area contributed by atoms with E-state index >= 15 is 0 Å². The van der Waals surface area contributed by atoms with E-state index in [2.05, 4.69) is 20.3 Å². The first-order valence-corrected chi connectivity index (χ1v) is 4.74. The molecule has 1 aromatic rings. The molecule has 4 nitrogen and oxygen atoms in total. The van der Waals surface area contributed by atoms with Gasteiger partial charge in [0, 0.05) is 13.5 Å². The van der Waals surface area contributed by atoms with Crippen LogP contribution < -0.4 is 5.32 Å². The summed E-state index contributed by atoms with van der Waals surface area (Å²) in [6, 6.07) is 0. The molecule has 70 valence electrons. The van der Waals surface area contributed by atoms with E-state index in [1.807, 2.05) is 0 Å². The molecule has 1 saturated carbocycles. The fourth-order valence-corrected chi connectivity index (χ4v) is 1.35. The lowest BCUT2D eigenvalue weighted by atomic mass is 10.3. The molecule has 2 rings (SSSR count). The predicted octanol–water partition coefficient (Wildman–Crippen LogP) is 1.52. The van der Waals surface area contributed by atoms with Crippen molar-refractivity contribution in [2.24, 2.45) is 5.92 Å². The van der Waals surface area contributed by atoms with Gasteiger partial charge in [-0.2, -0.15) is 9.97 Å². The number of hydrogen-bond donors (Lipinski definition) is 1. The van der Waals surface area contributed by atoms with Crippen LogP contribution in [-0.2, 0) is 6.42 Å². The maximum absolute atomic E-state index is 5.73. The minimum atomic E-state index is 0.273. The summed E-state index contributed by atoms with van der Waals surface area (Å²) >= 11 is 5.73. The van der Waals surface area contributed by atoms with Crippen molar-refractivity contribution >= 4 is 17.5 Å². The van der Waals surface area contributed by atoms with Gasteiger partial charge in [-0.1, -0.05) is 0 Å². The van der Waals surface area contributed by atoms with E-state index in [1.165, 1.54) is 12.8 Å². The van der Waals surface area contributed by atoms with Gasteiger partial charge in [0.15, 0.2) is 0 Å². The van der Waals surface area contributed by atoms with E-state index in [0.29, 0.717) is 5.95 Å². The molecule has 1 aromatic heterocycles. The van der Waals surface area contributed by atoms with Crippen LogP contribution in [0.3, 0.4) is 0 Å². The number of anilines is 1. The molecule has 0 atom stereocenters. The van der Waals surface area contributed by atoms with Crippen LogP contribution in [0.2, 0.25) is 5.28 Å². The summed E-state index contributed by atoms with van der Waals surface area (Å²) in [5, 5.41) is 3.13. The summed E-state index contributed by atoms with van der Waals surface area (Å²) in [7, 11) is 1.77. The second-order valence-corrected chi connectivity index (χ2v) is 3.58. The molecule has 1 aliphatic carbocycles. The normalized spacial score (nSPS) is 15.8. The second-order valence-electron chi connectivity index (χ2n) is 3.24. The maximum atomic E-state index is 5.73. The molecule has 0 radical (unpaired) electrons. The average molecular weight is 199 g/mol. The van der Waals surface area contributed by atoms with Gasteiger partial charge >= 0.3 is 0 Å². The standard InChI is InChI=1S/C8H11ClN4/c1-10-8-12-6(4-5-2-3-5)11-7(9)13-8/h5H,2-4H2,1H3,(H,10,11,12,13). The molecule has 5 heteroatoms. The molecule has 0 bridgehead atoms. The van der Waals surface area contributed by atoms with Crippen LogP contribution in [0.5, 0.6) is 0 Å². The highest BCUT2D eigenvalue weighted by Gasteiger charge is 2.23. The Kier molecular flexibility index (Phi) is 2.31. The third kappa shape index (κ3) is 2.28. The van der Waals surface area contributed by atoms with E-state index in [1.54, 1.807) is 7.05 Å². The molecular formula is C8H11ClN4. The monoisotopic (exact) mass is 198 g/mol. The fraction of sp³-hybridized carbons (Fsp3) is 0.625. The lowest BCUT2D eigenvalue weighted by molar-refractivity contribution is 0.761. The van der Waals surface area contributed by atoms with Crippen molar-refractivity contribution < 1.29 is 0 Å². The van der Waals surface area contributed by atoms with Gasteiger partial charge in [0.25, 0.3) is 0 Å². The van der Waals surface area contributed by atoms with Crippen molar-refractivity contribution in [2.45, 2.75) is 19.3 Å². The Labute approximate surface area is 81.8 Å². The summed E-state index contributed by atoms with van der Waals surface area (Å²) in [5.74, 6) is 2.12. The zero-order chi connectivity index (χ0) is 9.26. The number of aromatic nitrogens is 3. The van der Waals surface area contributed by atoms with Gasteiger partial charge in [-0.05, 0) is 30.4 Å². The third-order valence-corrected chi connectivity index (χ3v) is 2.22. The zero-order valence-corrected chi connectivity index (χ0v) is 8.17. The highest BCUT2D eigenvalue weighted by molar-refractivity contribution is 6.28. The largest absolute Gasteiger partial charge is 0.357 e. The first-order chi connectivity index (χ1) is 6.28. The van der Waals surface area contributed by atoms with Crippen LogP contribution >= 0.6 is 11.6 Å². The Morgan fingerprint density at radius 3 is 2.77 bits per heavy atom. The van der Waals surface area contributed by atoms with Crippen molar-refractivity contribution in [3.63, 3.8) is 0 Å². The number of rotatable bonds is 3. The van der Waals surface area contributed by atoms with Crippen LogP contribution in [0.1, 0.15) is 18.7 Å². The van der Waals surface area contributed by atoms with E-state index in [4.69, 9.17) is 11.6 Å². The van der Waals surface area contributed by atoms with Gasteiger partial charge in [-0.25, -0.2) is 4.98 Å². The van der Waals surface area contributed by atoms with Crippen LogP contribution in [0.4, 0.5) is 5.95 Å². The summed E-state index contributed by atoms with van der Waals surface area (Å²) < 4.78 is 0. The second kappa shape index (κ2) is 3.46. The molecule has 1 N–H and O–H groups in total. The highest BCUT2D eigenvalue weighted by Crippen LogP contribution is 2.31. The van der Waals surface area contributed by atoms with Gasteiger partial charge < -0.3 is 5.32 Å². The fourth-order valence-electron chi connectivity index (χ4n) is 1.17. The van der Waals surface area contributed by atoms with E-state index < -0.39 is 0 Å². The Balaban J connectivity index is 2.17. The van der Waals surface area contributed by atoms with Gasteiger partial charge in [-0.3, -0.25) is 0 Å². The van der Waals surface area contributed by atoms with E-state index in [0.717, 1.165) is 18.2 Å². The van der Waals surface area contributed by atoms with Gasteiger partial charge in [0.2, 0.25) is 11.2 Å². The zero-order valence-electron chi connectivity index (χ0n) is 7.42. The SMILES string of the molecule is CNc1nc(Cl)nc(CC2CC2)n1. The van der Waals surface area contributed by atoms with Crippen molar-refractivity contribution in [3.05, 3.63) is 11.1 Å². The number of halogens is 1. The Bertz CT molecular complexity index is 311. The minimum absolute atomic E-state index is 0.273. The molecule has 13 heavy (non-hydrogen) atoms. The van der Waals surface area contributed by atoms with Crippen molar-refractivity contribution in [2.75, 3.05) is 12.4 Å². The van der Waals surface area contributed by atoms with Crippen LogP contribution in [0.25, 0.3) is 0 Å². The van der Waals surface area contributed by atoms with E-state index in [-0.39, 0.29) is 5.28 Å². The Morgan fingerprint density at radius 2 is 2.15 bits per heavy atom. The first-order valence-electron chi connectivity index (χ1n) is 4.36. The number of nitrogens with zero attached hydrogens (tertiary/aromatic N) is 3. The smallest absolute Gasteiger partial charge is 0.227 e. The topological polar surface area (TPSA) is 50.7 Å². The summed E-state index contributed by atoms with van der Waals surface area (Å²) in [4.78, 5) is 12.2. The third-order valence-electron chi connectivity index (χ3n) is 2.05. The van der Waals surface area contributed by atoms with Gasteiger partial charge in [0.1, 0.15) is 5.82 Å². The van der Waals surface area contributed by atoms with Crippen LogP contribution in [-0.4, -0.2) is 22.0 Å². The van der Waals surface area contributed by atoms with Gasteiger partial charge in [-0.15, -0.1) is 0 Å². The average Bonchev–Trinajstić information content (AvgIpc) is 2.87. The highest BCUT2D eigenvalue weighted by atomic mass is 35.5. The summed E-state index contributed by atoms with van der Waals surface area (Å²) in [5.41, 5.74) is 0. The Morgan fingerprint density at radius 1 is 1.38 bits per heavy atom. The number of hydrogen-bond acceptors (Lipinski definition) is 4. The van der Waals surface area contributed by atoms with Crippen molar-refractivity contribution in [1.82, 2.24) is 15.0 Å². The molecule has 1 heterocycles. The summed E-state index contributed by atoms with van der Waals surface area (Å²) in [6.07, 6.45) is 3.51.